The number of nitrogens with zero attached hydrogens (tertiary/aromatic N) is 2. The summed E-state index contributed by atoms with van der Waals surface area (Å²) >= 11 is 6.13. The molecule has 3 aromatic rings. The Hall–Kier alpha value is -3.25. The molecule has 0 radical (unpaired) electrons. The molecule has 0 aromatic heterocycles. The number of carbonyl (C=O) groups excluding carboxylic acids is 2. The maximum atomic E-state index is 13.2. The molecule has 2 saturated heterocycles. The van der Waals surface area contributed by atoms with Crippen LogP contribution in [0.15, 0.2) is 60.7 Å². The first kappa shape index (κ1) is 22.5. The summed E-state index contributed by atoms with van der Waals surface area (Å²) in [4.78, 5) is 30.0. The molecule has 3 aromatic carbocycles. The van der Waals surface area contributed by atoms with Crippen molar-refractivity contribution < 1.29 is 14.3 Å². The maximum Gasteiger partial charge on any atom is 0.321 e. The van der Waals surface area contributed by atoms with Crippen LogP contribution in [0, 0.1) is 5.41 Å². The number of hydrogen-bond donors (Lipinski definition) is 1. The second-order valence-corrected chi connectivity index (χ2v) is 9.70. The van der Waals surface area contributed by atoms with Crippen molar-refractivity contribution in [3.8, 4) is 5.75 Å². The Morgan fingerprint density at radius 2 is 1.65 bits per heavy atom. The second kappa shape index (κ2) is 9.18. The summed E-state index contributed by atoms with van der Waals surface area (Å²) in [7, 11) is 1.56. The van der Waals surface area contributed by atoms with E-state index in [9.17, 15) is 9.59 Å². The molecule has 0 atom stereocenters. The molecule has 34 heavy (non-hydrogen) atoms. The Kier molecular flexibility index (Phi) is 6.09. The Morgan fingerprint density at radius 1 is 0.941 bits per heavy atom. The van der Waals surface area contributed by atoms with Crippen LogP contribution < -0.4 is 10.1 Å². The summed E-state index contributed by atoms with van der Waals surface area (Å²) < 4.78 is 5.38. The lowest BCUT2D eigenvalue weighted by atomic mass is 9.78. The van der Waals surface area contributed by atoms with Crippen molar-refractivity contribution in [1.82, 2.24) is 9.80 Å². The average molecular weight is 478 g/mol. The van der Waals surface area contributed by atoms with E-state index < -0.39 is 0 Å². The van der Waals surface area contributed by atoms with E-state index in [1.807, 2.05) is 52.3 Å². The van der Waals surface area contributed by atoms with Crippen molar-refractivity contribution in [2.75, 3.05) is 38.6 Å². The first-order valence-corrected chi connectivity index (χ1v) is 12.0. The zero-order chi connectivity index (χ0) is 23.7. The highest BCUT2D eigenvalue weighted by atomic mass is 35.5. The van der Waals surface area contributed by atoms with E-state index in [0.717, 1.165) is 35.7 Å². The van der Waals surface area contributed by atoms with E-state index >= 15 is 0 Å². The Bertz CT molecular complexity index is 1230. The molecule has 0 saturated carbocycles. The van der Waals surface area contributed by atoms with Crippen LogP contribution in [0.1, 0.15) is 29.6 Å². The van der Waals surface area contributed by atoms with Crippen LogP contribution in [-0.2, 0) is 0 Å². The number of benzene rings is 3. The van der Waals surface area contributed by atoms with Gasteiger partial charge in [-0.1, -0.05) is 48.0 Å². The number of fused-ring (bicyclic) bond motifs is 1. The van der Waals surface area contributed by atoms with Crippen LogP contribution in [-0.4, -0.2) is 55.0 Å². The molecule has 2 aliphatic heterocycles. The number of nitrogens with one attached hydrogen (secondary N) is 1. The van der Waals surface area contributed by atoms with Crippen molar-refractivity contribution in [2.45, 2.75) is 19.3 Å². The summed E-state index contributed by atoms with van der Waals surface area (Å²) in [6.45, 7) is 2.76. The number of likely N-dealkylation sites (tertiary alicyclic amines) is 2. The fourth-order valence-corrected chi connectivity index (χ4v) is 5.42. The van der Waals surface area contributed by atoms with Crippen LogP contribution in [0.3, 0.4) is 0 Å². The molecule has 3 amide bonds. The lowest BCUT2D eigenvalue weighted by molar-refractivity contribution is 0.0736. The van der Waals surface area contributed by atoms with Gasteiger partial charge in [0.25, 0.3) is 5.91 Å². The van der Waals surface area contributed by atoms with Crippen LogP contribution in [0.5, 0.6) is 5.75 Å². The third kappa shape index (κ3) is 4.30. The molecule has 6 nitrogen and oxygen atoms in total. The van der Waals surface area contributed by atoms with Crippen molar-refractivity contribution >= 4 is 40.0 Å². The molecular formula is C27H28ClN3O3. The molecule has 2 heterocycles. The van der Waals surface area contributed by atoms with Gasteiger partial charge in [0, 0.05) is 36.6 Å². The van der Waals surface area contributed by atoms with Gasteiger partial charge < -0.3 is 19.9 Å². The van der Waals surface area contributed by atoms with Gasteiger partial charge in [0.05, 0.1) is 18.4 Å². The quantitative estimate of drug-likeness (QED) is 0.529. The van der Waals surface area contributed by atoms with Crippen LogP contribution in [0.25, 0.3) is 10.8 Å². The molecule has 0 aliphatic carbocycles. The van der Waals surface area contributed by atoms with Gasteiger partial charge in [-0.2, -0.15) is 0 Å². The molecule has 5 rings (SSSR count). The maximum absolute atomic E-state index is 13.2. The van der Waals surface area contributed by atoms with Gasteiger partial charge in [0.1, 0.15) is 5.75 Å². The highest BCUT2D eigenvalue weighted by Crippen LogP contribution is 2.41. The number of rotatable bonds is 3. The minimum absolute atomic E-state index is 0.0487. The third-order valence-corrected chi connectivity index (χ3v) is 7.50. The number of halogens is 1. The van der Waals surface area contributed by atoms with Gasteiger partial charge in [0.2, 0.25) is 0 Å². The van der Waals surface area contributed by atoms with E-state index in [2.05, 4.69) is 5.32 Å². The summed E-state index contributed by atoms with van der Waals surface area (Å²) in [5, 5.41) is 5.75. The van der Waals surface area contributed by atoms with Gasteiger partial charge in [-0.3, -0.25) is 4.79 Å². The predicted molar refractivity (Wildman–Crippen MR) is 135 cm³/mol. The van der Waals surface area contributed by atoms with E-state index in [1.165, 1.54) is 0 Å². The van der Waals surface area contributed by atoms with Gasteiger partial charge in [-0.05, 0) is 54.3 Å². The standard InChI is InChI=1S/C27H28ClN3O3/c1-34-24-10-9-20(28)17-22(24)25(32)31-16-13-27(18-31)11-14-30(15-12-27)26(33)29-23-8-4-6-19-5-2-3-7-21(19)23/h2-10,17H,11-16,18H2,1H3,(H,29,33). The Labute approximate surface area is 204 Å². The van der Waals surface area contributed by atoms with E-state index in [-0.39, 0.29) is 17.4 Å². The monoisotopic (exact) mass is 477 g/mol. The number of amides is 3. The third-order valence-electron chi connectivity index (χ3n) is 7.26. The number of hydrogen-bond acceptors (Lipinski definition) is 3. The number of carbonyl (C=O) groups is 2. The fraction of sp³-hybridized carbons (Fsp3) is 0.333. The summed E-state index contributed by atoms with van der Waals surface area (Å²) in [6.07, 6.45) is 2.71. The normalized spacial score (nSPS) is 17.2. The van der Waals surface area contributed by atoms with Crippen molar-refractivity contribution in [3.63, 3.8) is 0 Å². The Balaban J connectivity index is 1.22. The van der Waals surface area contributed by atoms with E-state index in [1.54, 1.807) is 25.3 Å². The number of methoxy groups -OCH3 is 1. The largest absolute Gasteiger partial charge is 0.496 e. The number of urea groups is 1. The molecule has 2 fully saturated rings. The van der Waals surface area contributed by atoms with Crippen molar-refractivity contribution in [1.29, 1.82) is 0 Å². The van der Waals surface area contributed by atoms with E-state index in [0.29, 0.717) is 42.5 Å². The molecule has 1 N–H and O–H groups in total. The number of ether oxygens (including phenoxy) is 1. The molecular weight excluding hydrogens is 450 g/mol. The van der Waals surface area contributed by atoms with Gasteiger partial charge >= 0.3 is 6.03 Å². The SMILES string of the molecule is COc1ccc(Cl)cc1C(=O)N1CCC2(CCN(C(=O)Nc3cccc4ccccc34)CC2)C1. The second-order valence-electron chi connectivity index (χ2n) is 9.27. The minimum atomic E-state index is -0.0687. The lowest BCUT2D eigenvalue weighted by Crippen LogP contribution is -2.46. The predicted octanol–water partition coefficient (Wildman–Crippen LogP) is 5.66. The summed E-state index contributed by atoms with van der Waals surface area (Å²) in [6, 6.07) is 19.0. The van der Waals surface area contributed by atoms with Gasteiger partial charge in [-0.15, -0.1) is 0 Å². The van der Waals surface area contributed by atoms with Gasteiger partial charge in [0.15, 0.2) is 0 Å². The lowest BCUT2D eigenvalue weighted by Gasteiger charge is -2.39. The number of piperidine rings is 1. The van der Waals surface area contributed by atoms with Crippen LogP contribution in [0.4, 0.5) is 10.5 Å². The van der Waals surface area contributed by atoms with Crippen LogP contribution in [0.2, 0.25) is 5.02 Å². The zero-order valence-corrected chi connectivity index (χ0v) is 20.0. The topological polar surface area (TPSA) is 61.9 Å². The molecule has 2 aliphatic rings. The zero-order valence-electron chi connectivity index (χ0n) is 19.2. The van der Waals surface area contributed by atoms with Crippen molar-refractivity contribution in [3.05, 3.63) is 71.2 Å². The molecule has 0 bridgehead atoms. The smallest absolute Gasteiger partial charge is 0.321 e. The summed E-state index contributed by atoms with van der Waals surface area (Å²) in [5.41, 5.74) is 1.38. The molecule has 7 heteroatoms. The minimum Gasteiger partial charge on any atom is -0.496 e. The fourth-order valence-electron chi connectivity index (χ4n) is 5.25. The van der Waals surface area contributed by atoms with Crippen LogP contribution >= 0.6 is 11.6 Å². The van der Waals surface area contributed by atoms with Crippen molar-refractivity contribution in [2.24, 2.45) is 5.41 Å². The first-order valence-electron chi connectivity index (χ1n) is 11.6. The van der Waals surface area contributed by atoms with E-state index in [4.69, 9.17) is 16.3 Å². The van der Waals surface area contributed by atoms with Gasteiger partial charge in [-0.25, -0.2) is 4.79 Å². The summed E-state index contributed by atoms with van der Waals surface area (Å²) in [5.74, 6) is 0.489. The molecule has 1 spiro atoms. The Morgan fingerprint density at radius 3 is 2.41 bits per heavy atom. The average Bonchev–Trinajstić information content (AvgIpc) is 3.27. The number of anilines is 1. The molecule has 176 valence electrons. The first-order chi connectivity index (χ1) is 16.5. The molecule has 0 unspecified atom stereocenters. The highest BCUT2D eigenvalue weighted by molar-refractivity contribution is 6.31. The highest BCUT2D eigenvalue weighted by Gasteiger charge is 2.43.